The minimum atomic E-state index is 0.0185. The average Bonchev–Trinajstić information content (AvgIpc) is 2.42. The van der Waals surface area contributed by atoms with Crippen LogP contribution in [0.15, 0.2) is 29.4 Å². The molecule has 0 spiro atoms. The Kier molecular flexibility index (Phi) is 7.13. The molecule has 0 radical (unpaired) electrons. The molecular formula is C14H19N3O2. The van der Waals surface area contributed by atoms with Crippen molar-refractivity contribution in [3.8, 4) is 5.75 Å². The zero-order chi connectivity index (χ0) is 13.9. The number of unbranched alkanes of at least 4 members (excludes halogenated alkanes) is 3. The SMILES string of the molecule is CC(=O)c1ccccc1OCCCCCCN=[N+]=[N-]. The number of carbonyl (C=O) groups excluding carboxylic acids is 1. The van der Waals surface area contributed by atoms with Crippen molar-refractivity contribution in [3.63, 3.8) is 0 Å². The maximum absolute atomic E-state index is 11.4. The van der Waals surface area contributed by atoms with E-state index in [9.17, 15) is 4.79 Å². The van der Waals surface area contributed by atoms with Crippen molar-refractivity contribution in [3.05, 3.63) is 40.3 Å². The molecule has 102 valence electrons. The van der Waals surface area contributed by atoms with Crippen LogP contribution in [0.3, 0.4) is 0 Å². The molecule has 0 aliphatic rings. The molecule has 0 saturated carbocycles. The Balaban J connectivity index is 2.22. The van der Waals surface area contributed by atoms with Gasteiger partial charge in [-0.3, -0.25) is 4.79 Å². The number of hydrogen-bond acceptors (Lipinski definition) is 3. The first kappa shape index (κ1) is 15.1. The Morgan fingerprint density at radius 2 is 2.00 bits per heavy atom. The topological polar surface area (TPSA) is 75.1 Å². The molecule has 5 heteroatoms. The zero-order valence-corrected chi connectivity index (χ0v) is 11.2. The van der Waals surface area contributed by atoms with E-state index in [2.05, 4.69) is 10.0 Å². The highest BCUT2D eigenvalue weighted by Gasteiger charge is 2.06. The summed E-state index contributed by atoms with van der Waals surface area (Å²) in [6.45, 7) is 2.70. The Bertz CT molecular complexity index is 454. The van der Waals surface area contributed by atoms with Gasteiger partial charge in [0.05, 0.1) is 12.2 Å². The van der Waals surface area contributed by atoms with Gasteiger partial charge in [0.15, 0.2) is 5.78 Å². The number of azide groups is 1. The van der Waals surface area contributed by atoms with Crippen LogP contribution in [0.25, 0.3) is 10.4 Å². The minimum Gasteiger partial charge on any atom is -0.493 e. The lowest BCUT2D eigenvalue weighted by Gasteiger charge is -2.09. The second kappa shape index (κ2) is 9.00. The van der Waals surface area contributed by atoms with Crippen molar-refractivity contribution < 1.29 is 9.53 Å². The lowest BCUT2D eigenvalue weighted by atomic mass is 10.1. The van der Waals surface area contributed by atoms with Crippen molar-refractivity contribution in [2.45, 2.75) is 32.6 Å². The second-order valence-corrected chi connectivity index (χ2v) is 4.27. The molecule has 0 unspecified atom stereocenters. The number of nitrogens with zero attached hydrogens (tertiary/aromatic N) is 3. The zero-order valence-electron chi connectivity index (χ0n) is 11.2. The van der Waals surface area contributed by atoms with E-state index >= 15 is 0 Å². The number of hydrogen-bond donors (Lipinski definition) is 0. The van der Waals surface area contributed by atoms with Gasteiger partial charge in [-0.25, -0.2) is 0 Å². The van der Waals surface area contributed by atoms with E-state index in [1.54, 1.807) is 6.07 Å². The predicted octanol–water partition coefficient (Wildman–Crippen LogP) is 4.14. The number of ketones is 1. The standard InChI is InChI=1S/C14H19N3O2/c1-12(18)13-8-4-5-9-14(13)19-11-7-3-2-6-10-16-17-15/h4-5,8-9H,2-3,6-7,10-11H2,1H3. The third-order valence-electron chi connectivity index (χ3n) is 2.74. The van der Waals surface area contributed by atoms with Crippen molar-refractivity contribution >= 4 is 5.78 Å². The highest BCUT2D eigenvalue weighted by Crippen LogP contribution is 2.18. The van der Waals surface area contributed by atoms with Crippen LogP contribution in [-0.2, 0) is 0 Å². The fraction of sp³-hybridized carbons (Fsp3) is 0.500. The summed E-state index contributed by atoms with van der Waals surface area (Å²) in [7, 11) is 0. The molecule has 1 aromatic carbocycles. The molecule has 5 nitrogen and oxygen atoms in total. The van der Waals surface area contributed by atoms with Gasteiger partial charge in [0.1, 0.15) is 5.75 Å². The van der Waals surface area contributed by atoms with Gasteiger partial charge < -0.3 is 4.74 Å². The van der Waals surface area contributed by atoms with Crippen LogP contribution in [0.5, 0.6) is 5.75 Å². The molecule has 0 aliphatic carbocycles. The first-order chi connectivity index (χ1) is 9.25. The maximum Gasteiger partial charge on any atom is 0.163 e. The van der Waals surface area contributed by atoms with Crippen molar-refractivity contribution in [2.24, 2.45) is 5.11 Å². The van der Waals surface area contributed by atoms with Crippen LogP contribution in [0.1, 0.15) is 43.0 Å². The molecule has 0 aliphatic heterocycles. The van der Waals surface area contributed by atoms with E-state index in [0.717, 1.165) is 25.7 Å². The summed E-state index contributed by atoms with van der Waals surface area (Å²) < 4.78 is 5.62. The fourth-order valence-corrected chi connectivity index (χ4v) is 1.75. The Labute approximate surface area is 113 Å². The molecule has 1 rings (SSSR count). The summed E-state index contributed by atoms with van der Waals surface area (Å²) in [4.78, 5) is 14.1. The third kappa shape index (κ3) is 5.93. The van der Waals surface area contributed by atoms with Gasteiger partial charge in [0.25, 0.3) is 0 Å². The van der Waals surface area contributed by atoms with E-state index in [1.807, 2.05) is 18.2 Å². The number of rotatable bonds is 9. The normalized spacial score (nSPS) is 9.74. The lowest BCUT2D eigenvalue weighted by Crippen LogP contribution is -2.02. The molecule has 0 heterocycles. The summed E-state index contributed by atoms with van der Waals surface area (Å²) in [6.07, 6.45) is 3.90. The van der Waals surface area contributed by atoms with Crippen molar-refractivity contribution in [2.75, 3.05) is 13.2 Å². The van der Waals surface area contributed by atoms with Crippen LogP contribution in [-0.4, -0.2) is 18.9 Å². The molecule has 0 aromatic heterocycles. The largest absolute Gasteiger partial charge is 0.493 e. The number of carbonyl (C=O) groups is 1. The first-order valence-corrected chi connectivity index (χ1v) is 6.49. The van der Waals surface area contributed by atoms with Crippen LogP contribution in [0.4, 0.5) is 0 Å². The number of benzene rings is 1. The monoisotopic (exact) mass is 261 g/mol. The molecule has 19 heavy (non-hydrogen) atoms. The lowest BCUT2D eigenvalue weighted by molar-refractivity contribution is 0.101. The number of Topliss-reactive ketones (excluding diaryl/α,β-unsaturated/α-hetero) is 1. The van der Waals surface area contributed by atoms with Gasteiger partial charge in [-0.2, -0.15) is 0 Å². The summed E-state index contributed by atoms with van der Waals surface area (Å²) >= 11 is 0. The Morgan fingerprint density at radius 3 is 2.74 bits per heavy atom. The Morgan fingerprint density at radius 1 is 1.26 bits per heavy atom. The molecule has 1 aromatic rings. The predicted molar refractivity (Wildman–Crippen MR) is 74.4 cm³/mol. The fourth-order valence-electron chi connectivity index (χ4n) is 1.75. The summed E-state index contributed by atoms with van der Waals surface area (Å²) in [5, 5.41) is 3.48. The number of ether oxygens (including phenoxy) is 1. The van der Waals surface area contributed by atoms with E-state index in [-0.39, 0.29) is 5.78 Å². The summed E-state index contributed by atoms with van der Waals surface area (Å²) in [5.74, 6) is 0.675. The van der Waals surface area contributed by atoms with E-state index < -0.39 is 0 Å². The first-order valence-electron chi connectivity index (χ1n) is 6.49. The van der Waals surface area contributed by atoms with Gasteiger partial charge in [0.2, 0.25) is 0 Å². The molecular weight excluding hydrogens is 242 g/mol. The van der Waals surface area contributed by atoms with Gasteiger partial charge in [0, 0.05) is 11.5 Å². The van der Waals surface area contributed by atoms with Crippen LogP contribution in [0, 0.1) is 0 Å². The van der Waals surface area contributed by atoms with Crippen molar-refractivity contribution in [1.82, 2.24) is 0 Å². The van der Waals surface area contributed by atoms with E-state index in [0.29, 0.717) is 24.5 Å². The quantitative estimate of drug-likeness (QED) is 0.220. The summed E-state index contributed by atoms with van der Waals surface area (Å²) in [5.41, 5.74) is 8.75. The molecule has 0 atom stereocenters. The van der Waals surface area contributed by atoms with Gasteiger partial charge in [-0.05, 0) is 37.4 Å². The van der Waals surface area contributed by atoms with E-state index in [1.165, 1.54) is 6.92 Å². The average molecular weight is 261 g/mol. The number of para-hydroxylation sites is 1. The highest BCUT2D eigenvalue weighted by atomic mass is 16.5. The van der Waals surface area contributed by atoms with E-state index in [4.69, 9.17) is 10.3 Å². The minimum absolute atomic E-state index is 0.0185. The third-order valence-corrected chi connectivity index (χ3v) is 2.74. The summed E-state index contributed by atoms with van der Waals surface area (Å²) in [6, 6.07) is 7.29. The van der Waals surface area contributed by atoms with Gasteiger partial charge in [-0.15, -0.1) is 0 Å². The highest BCUT2D eigenvalue weighted by molar-refractivity contribution is 5.96. The van der Waals surface area contributed by atoms with Gasteiger partial charge in [-0.1, -0.05) is 30.1 Å². The maximum atomic E-state index is 11.4. The van der Waals surface area contributed by atoms with Crippen LogP contribution < -0.4 is 4.74 Å². The van der Waals surface area contributed by atoms with Crippen molar-refractivity contribution in [1.29, 1.82) is 0 Å². The molecule has 0 bridgehead atoms. The molecule has 0 fully saturated rings. The molecule has 0 saturated heterocycles. The molecule has 0 amide bonds. The van der Waals surface area contributed by atoms with Crippen LogP contribution >= 0.6 is 0 Å². The second-order valence-electron chi connectivity index (χ2n) is 4.27. The van der Waals surface area contributed by atoms with Gasteiger partial charge >= 0.3 is 0 Å². The smallest absolute Gasteiger partial charge is 0.163 e. The Hall–Kier alpha value is -2.00. The van der Waals surface area contributed by atoms with Crippen LogP contribution in [0.2, 0.25) is 0 Å². The molecule has 0 N–H and O–H groups in total.